The van der Waals surface area contributed by atoms with Crippen LogP contribution in [0.5, 0.6) is 0 Å². The second-order valence-corrected chi connectivity index (χ2v) is 22.4. The lowest BCUT2D eigenvalue weighted by Gasteiger charge is -2.70. The van der Waals surface area contributed by atoms with E-state index in [0.29, 0.717) is 35.2 Å². The lowest BCUT2D eigenvalue weighted by atomic mass is 9.33. The van der Waals surface area contributed by atoms with Crippen molar-refractivity contribution >= 4 is 0 Å². The van der Waals surface area contributed by atoms with Gasteiger partial charge < -0.3 is 0 Å². The largest absolute Gasteiger partial charge is 0.208 e. The minimum absolute atomic E-state index is 0.113. The zero-order valence-corrected chi connectivity index (χ0v) is 41.9. The van der Waals surface area contributed by atoms with Crippen molar-refractivity contribution < 1.29 is 0 Å². The van der Waals surface area contributed by atoms with Crippen molar-refractivity contribution in [3.63, 3.8) is 0 Å². The van der Waals surface area contributed by atoms with Gasteiger partial charge in [0.15, 0.2) is 17.5 Å². The number of rotatable bonds is 6. The molecule has 5 aliphatic rings. The van der Waals surface area contributed by atoms with E-state index in [1.54, 1.807) is 22.3 Å². The lowest BCUT2D eigenvalue weighted by molar-refractivity contribution is -0.0726. The molecule has 15 rings (SSSR count). The van der Waals surface area contributed by atoms with Crippen LogP contribution in [0.3, 0.4) is 0 Å². The maximum atomic E-state index is 5.15. The van der Waals surface area contributed by atoms with E-state index in [2.05, 4.69) is 195 Å². The molecule has 1 aromatic heterocycles. The summed E-state index contributed by atoms with van der Waals surface area (Å²) in [6, 6.07) is 84.9. The third kappa shape index (κ3) is 6.41. The van der Waals surface area contributed by atoms with Gasteiger partial charge in [0.2, 0.25) is 0 Å². The molecule has 4 bridgehead atoms. The summed E-state index contributed by atoms with van der Waals surface area (Å²) < 4.78 is 0. The van der Waals surface area contributed by atoms with Crippen LogP contribution in [0.25, 0.3) is 78.7 Å². The Balaban J connectivity index is 0.987. The van der Waals surface area contributed by atoms with Gasteiger partial charge in [0.1, 0.15) is 0 Å². The fourth-order valence-corrected chi connectivity index (χ4v) is 16.5. The average Bonchev–Trinajstić information content (AvgIpc) is 3.82. The van der Waals surface area contributed by atoms with Gasteiger partial charge >= 0.3 is 0 Å². The monoisotopic (exact) mass is 951 g/mol. The molecule has 0 amide bonds. The first-order valence-electron chi connectivity index (χ1n) is 27.1. The van der Waals surface area contributed by atoms with E-state index >= 15 is 0 Å². The quantitative estimate of drug-likeness (QED) is 0.167. The lowest BCUT2D eigenvalue weighted by Crippen LogP contribution is -2.66. The van der Waals surface area contributed by atoms with Crippen molar-refractivity contribution in [1.29, 1.82) is 0 Å². The van der Waals surface area contributed by atoms with Crippen molar-refractivity contribution in [3.8, 4) is 78.7 Å². The topological polar surface area (TPSA) is 38.7 Å². The van der Waals surface area contributed by atoms with E-state index in [0.717, 1.165) is 48.8 Å². The molecule has 10 aromatic rings. The molecule has 74 heavy (non-hydrogen) atoms. The smallest absolute Gasteiger partial charge is 0.164 e. The molecule has 5 aliphatic carbocycles. The van der Waals surface area contributed by atoms with E-state index in [9.17, 15) is 0 Å². The Hall–Kier alpha value is -8.01. The summed E-state index contributed by atoms with van der Waals surface area (Å²) in [5.41, 5.74) is 22.8. The molecule has 3 saturated carbocycles. The number of fused-ring (bicyclic) bond motifs is 10. The van der Waals surface area contributed by atoms with E-state index < -0.39 is 0 Å². The number of benzene rings is 9. The second-order valence-electron chi connectivity index (χ2n) is 22.4. The van der Waals surface area contributed by atoms with Gasteiger partial charge in [-0.1, -0.05) is 231 Å². The van der Waals surface area contributed by atoms with Crippen LogP contribution in [-0.4, -0.2) is 15.0 Å². The van der Waals surface area contributed by atoms with Gasteiger partial charge in [0.25, 0.3) is 0 Å². The van der Waals surface area contributed by atoms with Gasteiger partial charge in [-0.3, -0.25) is 0 Å². The molecule has 0 saturated heterocycles. The maximum Gasteiger partial charge on any atom is 0.164 e. The standard InChI is InChI=1S/C71H57N3/c1-46-20-8-9-25-53(46)59-30-14-16-34-62(59)69-40-19-41-70-43-52(45-71(68(69)70)44-51(42-69)54-26-10-12-28-57(54)60-31-15-17-35-63(60)71)55-27-11-13-29-58(55)61-33-18-32-56(64(61)70)47-36-38-50(39-37-47)67-73-65(48-21-4-2-5-22-48)72-66(74-67)49-23-6-3-7-24-49/h2-18,20-39,51-52,68H,19,40-45H2,1H3. The normalized spacial score (nSPS) is 23.7. The summed E-state index contributed by atoms with van der Waals surface area (Å²) in [4.78, 5) is 15.3. The second kappa shape index (κ2) is 16.8. The molecule has 0 N–H and O–H groups in total. The van der Waals surface area contributed by atoms with Crippen molar-refractivity contribution in [3.05, 3.63) is 258 Å². The minimum Gasteiger partial charge on any atom is -0.208 e. The molecule has 0 radical (unpaired) electrons. The molecule has 2 spiro atoms. The summed E-state index contributed by atoms with van der Waals surface area (Å²) in [5, 5.41) is 0. The molecule has 0 aliphatic heterocycles. The molecule has 356 valence electrons. The van der Waals surface area contributed by atoms with E-state index in [1.807, 2.05) is 36.4 Å². The van der Waals surface area contributed by atoms with Gasteiger partial charge in [0.05, 0.1) is 0 Å². The van der Waals surface area contributed by atoms with E-state index in [-0.39, 0.29) is 16.2 Å². The highest BCUT2D eigenvalue weighted by molar-refractivity contribution is 5.86. The van der Waals surface area contributed by atoms with Crippen LogP contribution in [-0.2, 0) is 16.2 Å². The fraction of sp³-hybridized carbons (Fsp3) is 0.197. The first kappa shape index (κ1) is 43.6. The molecule has 1 heterocycles. The molecule has 3 nitrogen and oxygen atoms in total. The number of hydrogen-bond acceptors (Lipinski definition) is 3. The highest BCUT2D eigenvalue weighted by Gasteiger charge is 2.71. The van der Waals surface area contributed by atoms with Gasteiger partial charge in [-0.15, -0.1) is 0 Å². The number of aromatic nitrogens is 3. The molecule has 6 atom stereocenters. The average molecular weight is 952 g/mol. The van der Waals surface area contributed by atoms with Crippen molar-refractivity contribution in [1.82, 2.24) is 15.0 Å². The third-order valence-electron chi connectivity index (χ3n) is 18.8. The molecule has 9 aromatic carbocycles. The predicted molar refractivity (Wildman–Crippen MR) is 302 cm³/mol. The molecule has 6 unspecified atom stereocenters. The van der Waals surface area contributed by atoms with Crippen molar-refractivity contribution in [2.75, 3.05) is 0 Å². The summed E-state index contributed by atoms with van der Waals surface area (Å²) >= 11 is 0. The van der Waals surface area contributed by atoms with Crippen LogP contribution >= 0.6 is 0 Å². The first-order chi connectivity index (χ1) is 36.5. The molecular formula is C71H57N3. The Morgan fingerprint density at radius 1 is 0.324 bits per heavy atom. The molecule has 3 heteroatoms. The van der Waals surface area contributed by atoms with Crippen molar-refractivity contribution in [2.45, 2.75) is 80.0 Å². The van der Waals surface area contributed by atoms with Crippen LogP contribution in [0.4, 0.5) is 0 Å². The fourth-order valence-electron chi connectivity index (χ4n) is 16.5. The molecule has 3 fully saturated rings. The summed E-state index contributed by atoms with van der Waals surface area (Å²) in [5.74, 6) is 3.15. The SMILES string of the molecule is Cc1ccccc1-c1ccccc1C12CCCC34CC(CC5(CC(C1)c1ccccc1-c1ccccc15)C23)c1ccccc1-c1cccc(-c2ccc(-c3nc(-c5ccccc5)nc(-c5ccccc5)n3)cc2)c14. The van der Waals surface area contributed by atoms with Crippen LogP contribution in [0.2, 0.25) is 0 Å². The van der Waals surface area contributed by atoms with E-state index in [4.69, 9.17) is 15.0 Å². The highest BCUT2D eigenvalue weighted by Crippen LogP contribution is 2.77. The van der Waals surface area contributed by atoms with Crippen LogP contribution in [0, 0.1) is 12.8 Å². The maximum absolute atomic E-state index is 5.15. The predicted octanol–water partition coefficient (Wildman–Crippen LogP) is 17.5. The third-order valence-corrected chi connectivity index (χ3v) is 18.8. The van der Waals surface area contributed by atoms with Gasteiger partial charge in [-0.2, -0.15) is 0 Å². The molecular weight excluding hydrogens is 895 g/mol. The summed E-state index contributed by atoms with van der Waals surface area (Å²) in [6.07, 6.45) is 8.10. The Labute approximate surface area is 435 Å². The first-order valence-corrected chi connectivity index (χ1v) is 27.1. The zero-order valence-electron chi connectivity index (χ0n) is 41.9. The highest BCUT2D eigenvalue weighted by atomic mass is 15.0. The van der Waals surface area contributed by atoms with Crippen LogP contribution < -0.4 is 0 Å². The Bertz CT molecular complexity index is 3760. The number of aryl methyl sites for hydroxylation is 1. The number of hydrogen-bond donors (Lipinski definition) is 0. The summed E-state index contributed by atoms with van der Waals surface area (Å²) in [6.45, 7) is 2.31. The van der Waals surface area contributed by atoms with Crippen LogP contribution in [0.15, 0.2) is 224 Å². The Kier molecular flexibility index (Phi) is 9.87. The Morgan fingerprint density at radius 2 is 0.730 bits per heavy atom. The minimum atomic E-state index is -0.151. The Morgan fingerprint density at radius 3 is 1.34 bits per heavy atom. The number of nitrogens with zero attached hydrogens (tertiary/aromatic N) is 3. The zero-order chi connectivity index (χ0) is 49.0. The van der Waals surface area contributed by atoms with Gasteiger partial charge in [-0.25, -0.2) is 15.0 Å². The van der Waals surface area contributed by atoms with E-state index in [1.165, 1.54) is 68.5 Å². The van der Waals surface area contributed by atoms with Gasteiger partial charge in [-0.05, 0) is 141 Å². The van der Waals surface area contributed by atoms with Crippen molar-refractivity contribution in [2.24, 2.45) is 5.92 Å². The summed E-state index contributed by atoms with van der Waals surface area (Å²) in [7, 11) is 0. The van der Waals surface area contributed by atoms with Crippen LogP contribution in [0.1, 0.15) is 90.2 Å². The van der Waals surface area contributed by atoms with Gasteiger partial charge in [0, 0.05) is 32.9 Å².